The molecule has 2 rings (SSSR count). The maximum absolute atomic E-state index is 4.39. The molecule has 0 amide bonds. The van der Waals surface area contributed by atoms with Gasteiger partial charge in [-0.05, 0) is 25.5 Å². The Morgan fingerprint density at radius 1 is 1.47 bits per heavy atom. The first-order valence-electron chi connectivity index (χ1n) is 4.97. The molecule has 0 atom stereocenters. The Labute approximate surface area is 94.0 Å². The Morgan fingerprint density at radius 3 is 3.00 bits per heavy atom. The van der Waals surface area contributed by atoms with Crippen LogP contribution in [0.4, 0.5) is 0 Å². The minimum atomic E-state index is 0.986. The molecule has 0 aliphatic heterocycles. The molecule has 0 radical (unpaired) electrons. The van der Waals surface area contributed by atoms with Crippen molar-refractivity contribution in [1.29, 1.82) is 0 Å². The molecule has 15 heavy (non-hydrogen) atoms. The molecule has 0 bridgehead atoms. The van der Waals surface area contributed by atoms with Gasteiger partial charge >= 0.3 is 0 Å². The number of nitrogens with zero attached hydrogens (tertiary/aromatic N) is 3. The van der Waals surface area contributed by atoms with Crippen molar-refractivity contribution in [2.75, 3.05) is 20.6 Å². The van der Waals surface area contributed by atoms with Gasteiger partial charge in [-0.25, -0.2) is 4.98 Å². The maximum Gasteiger partial charge on any atom is 0.150 e. The molecule has 0 unspecified atom stereocenters. The van der Waals surface area contributed by atoms with Crippen LogP contribution in [0.5, 0.6) is 0 Å². The van der Waals surface area contributed by atoms with E-state index in [2.05, 4.69) is 46.1 Å². The standard InChI is InChI=1S/C11H15N3S/c1-13(2)7-8-14-6-5-12-11(14)10-4-3-9-15-10/h3-6,9H,7-8H2,1-2H3. The van der Waals surface area contributed by atoms with E-state index in [-0.39, 0.29) is 0 Å². The highest BCUT2D eigenvalue weighted by molar-refractivity contribution is 7.13. The van der Waals surface area contributed by atoms with Crippen LogP contribution in [-0.2, 0) is 6.54 Å². The summed E-state index contributed by atoms with van der Waals surface area (Å²) in [6.45, 7) is 2.02. The lowest BCUT2D eigenvalue weighted by Gasteiger charge is -2.11. The summed E-state index contributed by atoms with van der Waals surface area (Å²) in [6, 6.07) is 4.17. The van der Waals surface area contributed by atoms with E-state index in [4.69, 9.17) is 0 Å². The predicted molar refractivity (Wildman–Crippen MR) is 64.1 cm³/mol. The minimum absolute atomic E-state index is 0.986. The summed E-state index contributed by atoms with van der Waals surface area (Å²) in [4.78, 5) is 7.81. The summed E-state index contributed by atoms with van der Waals surface area (Å²) >= 11 is 1.73. The zero-order chi connectivity index (χ0) is 10.7. The van der Waals surface area contributed by atoms with Crippen LogP contribution in [0.3, 0.4) is 0 Å². The Bertz CT molecular complexity index is 403. The fraction of sp³-hybridized carbons (Fsp3) is 0.364. The van der Waals surface area contributed by atoms with Crippen molar-refractivity contribution < 1.29 is 0 Å². The second kappa shape index (κ2) is 4.59. The number of rotatable bonds is 4. The number of imidazole rings is 1. The Kier molecular flexibility index (Phi) is 3.18. The maximum atomic E-state index is 4.39. The highest BCUT2D eigenvalue weighted by Crippen LogP contribution is 2.22. The quantitative estimate of drug-likeness (QED) is 0.789. The largest absolute Gasteiger partial charge is 0.329 e. The Morgan fingerprint density at radius 2 is 2.33 bits per heavy atom. The van der Waals surface area contributed by atoms with Crippen molar-refractivity contribution in [2.24, 2.45) is 0 Å². The van der Waals surface area contributed by atoms with Crippen LogP contribution >= 0.6 is 11.3 Å². The van der Waals surface area contributed by atoms with E-state index >= 15 is 0 Å². The van der Waals surface area contributed by atoms with Crippen LogP contribution < -0.4 is 0 Å². The van der Waals surface area contributed by atoms with E-state index < -0.39 is 0 Å². The fourth-order valence-corrected chi connectivity index (χ4v) is 2.16. The van der Waals surface area contributed by atoms with Crippen LogP contribution in [0.2, 0.25) is 0 Å². The number of aromatic nitrogens is 2. The lowest BCUT2D eigenvalue weighted by atomic mass is 10.4. The normalized spacial score (nSPS) is 11.1. The minimum Gasteiger partial charge on any atom is -0.329 e. The van der Waals surface area contributed by atoms with Crippen molar-refractivity contribution in [1.82, 2.24) is 14.5 Å². The highest BCUT2D eigenvalue weighted by Gasteiger charge is 2.06. The molecule has 0 saturated carbocycles. The molecule has 0 spiro atoms. The summed E-state index contributed by atoms with van der Waals surface area (Å²) in [5.74, 6) is 1.08. The SMILES string of the molecule is CN(C)CCn1ccnc1-c1cccs1. The molecule has 2 heterocycles. The number of likely N-dealkylation sites (N-methyl/N-ethyl adjacent to an activating group) is 1. The molecule has 0 fully saturated rings. The highest BCUT2D eigenvalue weighted by atomic mass is 32.1. The van der Waals surface area contributed by atoms with E-state index in [1.165, 1.54) is 4.88 Å². The van der Waals surface area contributed by atoms with Gasteiger partial charge in [-0.1, -0.05) is 6.07 Å². The Balaban J connectivity index is 2.16. The summed E-state index contributed by atoms with van der Waals surface area (Å²) in [6.07, 6.45) is 3.91. The average Bonchev–Trinajstić information content (AvgIpc) is 2.85. The second-order valence-electron chi connectivity index (χ2n) is 3.72. The van der Waals surface area contributed by atoms with Gasteiger partial charge in [0.05, 0.1) is 4.88 Å². The average molecular weight is 221 g/mol. The lowest BCUT2D eigenvalue weighted by Crippen LogP contribution is -2.18. The van der Waals surface area contributed by atoms with Crippen molar-refractivity contribution in [3.05, 3.63) is 29.9 Å². The third-order valence-corrected chi connectivity index (χ3v) is 3.11. The van der Waals surface area contributed by atoms with Crippen molar-refractivity contribution in [3.63, 3.8) is 0 Å². The van der Waals surface area contributed by atoms with Crippen molar-refractivity contribution >= 4 is 11.3 Å². The summed E-state index contributed by atoms with van der Waals surface area (Å²) in [7, 11) is 4.17. The molecule has 2 aromatic rings. The fourth-order valence-electron chi connectivity index (χ4n) is 1.43. The summed E-state index contributed by atoms with van der Waals surface area (Å²) in [5, 5.41) is 2.08. The molecular weight excluding hydrogens is 206 g/mol. The third kappa shape index (κ3) is 2.46. The zero-order valence-electron chi connectivity index (χ0n) is 9.05. The molecule has 0 aliphatic carbocycles. The summed E-state index contributed by atoms with van der Waals surface area (Å²) in [5.41, 5.74) is 0. The lowest BCUT2D eigenvalue weighted by molar-refractivity contribution is 0.385. The van der Waals surface area contributed by atoms with Gasteiger partial charge in [-0.15, -0.1) is 11.3 Å². The molecule has 0 aromatic carbocycles. The summed E-state index contributed by atoms with van der Waals surface area (Å²) < 4.78 is 2.20. The van der Waals surface area contributed by atoms with Crippen LogP contribution in [0, 0.1) is 0 Å². The first-order chi connectivity index (χ1) is 7.27. The molecule has 3 nitrogen and oxygen atoms in total. The molecule has 80 valence electrons. The van der Waals surface area contributed by atoms with E-state index in [1.54, 1.807) is 11.3 Å². The molecule has 0 saturated heterocycles. The first-order valence-corrected chi connectivity index (χ1v) is 5.85. The second-order valence-corrected chi connectivity index (χ2v) is 4.67. The van der Waals surface area contributed by atoms with E-state index in [0.717, 1.165) is 18.9 Å². The van der Waals surface area contributed by atoms with Gasteiger partial charge in [0.25, 0.3) is 0 Å². The van der Waals surface area contributed by atoms with Crippen molar-refractivity contribution in [3.8, 4) is 10.7 Å². The predicted octanol–water partition coefficient (Wildman–Crippen LogP) is 2.17. The first kappa shape index (κ1) is 10.4. The monoisotopic (exact) mass is 221 g/mol. The van der Waals surface area contributed by atoms with Gasteiger partial charge < -0.3 is 9.47 Å². The van der Waals surface area contributed by atoms with Crippen LogP contribution in [-0.4, -0.2) is 35.1 Å². The number of hydrogen-bond donors (Lipinski definition) is 0. The van der Waals surface area contributed by atoms with Gasteiger partial charge in [-0.2, -0.15) is 0 Å². The molecular formula is C11H15N3S. The topological polar surface area (TPSA) is 21.1 Å². The van der Waals surface area contributed by atoms with E-state index in [9.17, 15) is 0 Å². The van der Waals surface area contributed by atoms with E-state index in [0.29, 0.717) is 0 Å². The zero-order valence-corrected chi connectivity index (χ0v) is 9.87. The molecule has 4 heteroatoms. The van der Waals surface area contributed by atoms with Crippen LogP contribution in [0.1, 0.15) is 0 Å². The van der Waals surface area contributed by atoms with Crippen LogP contribution in [0.25, 0.3) is 10.7 Å². The molecule has 2 aromatic heterocycles. The third-order valence-electron chi connectivity index (χ3n) is 2.25. The molecule has 0 N–H and O–H groups in total. The number of hydrogen-bond acceptors (Lipinski definition) is 3. The smallest absolute Gasteiger partial charge is 0.150 e. The van der Waals surface area contributed by atoms with Gasteiger partial charge in [-0.3, -0.25) is 0 Å². The van der Waals surface area contributed by atoms with Gasteiger partial charge in [0, 0.05) is 25.5 Å². The van der Waals surface area contributed by atoms with Gasteiger partial charge in [0.15, 0.2) is 0 Å². The van der Waals surface area contributed by atoms with Gasteiger partial charge in [0.1, 0.15) is 5.82 Å². The Hall–Kier alpha value is -1.13. The molecule has 0 aliphatic rings. The van der Waals surface area contributed by atoms with Crippen molar-refractivity contribution in [2.45, 2.75) is 6.54 Å². The van der Waals surface area contributed by atoms with E-state index in [1.807, 2.05) is 12.4 Å². The van der Waals surface area contributed by atoms with Gasteiger partial charge in [0.2, 0.25) is 0 Å². The van der Waals surface area contributed by atoms with Crippen LogP contribution in [0.15, 0.2) is 29.9 Å². The number of thiophene rings is 1.